The molecule has 12 aromatic rings. The average Bonchev–Trinajstić information content (AvgIpc) is 4.01. The molecule has 5 nitrogen and oxygen atoms in total. The van der Waals surface area contributed by atoms with Crippen LogP contribution < -0.4 is 0 Å². The second-order valence-corrected chi connectivity index (χ2v) is 16.7. The molecule has 0 bridgehead atoms. The van der Waals surface area contributed by atoms with Crippen LogP contribution in [-0.2, 0) is 0 Å². The molecular formula is C52H31N5S2. The highest BCUT2D eigenvalue weighted by molar-refractivity contribution is 7.27. The minimum atomic E-state index is 0.574. The lowest BCUT2D eigenvalue weighted by molar-refractivity contribution is 0.954. The first-order valence-electron chi connectivity index (χ1n) is 19.6. The van der Waals surface area contributed by atoms with E-state index in [1.807, 2.05) is 18.2 Å². The van der Waals surface area contributed by atoms with Gasteiger partial charge in [-0.1, -0.05) is 158 Å². The van der Waals surface area contributed by atoms with Crippen LogP contribution in [0.1, 0.15) is 0 Å². The van der Waals surface area contributed by atoms with Gasteiger partial charge in [0.1, 0.15) is 5.01 Å². The van der Waals surface area contributed by atoms with Gasteiger partial charge < -0.3 is 0 Å². The van der Waals surface area contributed by atoms with Crippen LogP contribution in [0.25, 0.3) is 114 Å². The Hall–Kier alpha value is -7.32. The van der Waals surface area contributed by atoms with Gasteiger partial charge in [-0.25, -0.2) is 9.97 Å². The Morgan fingerprint density at radius 2 is 1.02 bits per heavy atom. The average molecular weight is 790 g/mol. The molecule has 59 heavy (non-hydrogen) atoms. The zero-order valence-corrected chi connectivity index (χ0v) is 33.1. The topological polar surface area (TPSA) is 56.5 Å². The first-order valence-corrected chi connectivity index (χ1v) is 21.2. The summed E-state index contributed by atoms with van der Waals surface area (Å²) in [7, 11) is 0. The van der Waals surface area contributed by atoms with Crippen molar-refractivity contribution in [2.24, 2.45) is 0 Å². The van der Waals surface area contributed by atoms with Crippen LogP contribution in [0.15, 0.2) is 188 Å². The van der Waals surface area contributed by atoms with E-state index < -0.39 is 0 Å². The lowest BCUT2D eigenvalue weighted by Gasteiger charge is -2.12. The molecule has 8 aromatic carbocycles. The Labute approximate surface area is 347 Å². The number of benzene rings is 8. The highest BCUT2D eigenvalue weighted by Gasteiger charge is 2.23. The maximum atomic E-state index is 5.41. The summed E-state index contributed by atoms with van der Waals surface area (Å²) in [4.78, 5) is 21.1. The largest absolute Gasteiger partial charge is 0.278 e. The van der Waals surface area contributed by atoms with E-state index in [0.29, 0.717) is 17.6 Å². The molecule has 12 rings (SSSR count). The van der Waals surface area contributed by atoms with Gasteiger partial charge in [0.05, 0.1) is 21.3 Å². The summed E-state index contributed by atoms with van der Waals surface area (Å²) < 4.78 is 5.70. The SMILES string of the molecule is c1ccc(-c2ccc3c4ccccc4n(-c4nc(-c5ccccc5)nc(-c5cccc6c5sc5c(-c7nc8ccccc8s7)c(-c7ccccc7)ccc56)n4)c3c2)cc1. The van der Waals surface area contributed by atoms with E-state index in [9.17, 15) is 0 Å². The van der Waals surface area contributed by atoms with E-state index in [1.54, 1.807) is 22.7 Å². The first-order chi connectivity index (χ1) is 29.2. The normalized spacial score (nSPS) is 11.7. The summed E-state index contributed by atoms with van der Waals surface area (Å²) in [6.45, 7) is 0. The Balaban J connectivity index is 1.13. The van der Waals surface area contributed by atoms with E-state index in [-0.39, 0.29) is 0 Å². The van der Waals surface area contributed by atoms with Gasteiger partial charge in [0.25, 0.3) is 0 Å². The van der Waals surface area contributed by atoms with Crippen molar-refractivity contribution >= 4 is 74.9 Å². The van der Waals surface area contributed by atoms with Crippen LogP contribution in [0.3, 0.4) is 0 Å². The van der Waals surface area contributed by atoms with Crippen molar-refractivity contribution in [2.75, 3.05) is 0 Å². The highest BCUT2D eigenvalue weighted by atomic mass is 32.1. The molecule has 4 heterocycles. The van der Waals surface area contributed by atoms with Gasteiger partial charge in [-0.15, -0.1) is 22.7 Å². The third kappa shape index (κ3) is 5.58. The molecular weight excluding hydrogens is 759 g/mol. The van der Waals surface area contributed by atoms with Gasteiger partial charge >= 0.3 is 0 Å². The summed E-state index contributed by atoms with van der Waals surface area (Å²) in [5.74, 6) is 1.82. The number of nitrogens with zero attached hydrogens (tertiary/aromatic N) is 5. The molecule has 0 unspecified atom stereocenters. The van der Waals surface area contributed by atoms with Crippen molar-refractivity contribution in [3.8, 4) is 61.5 Å². The summed E-state index contributed by atoms with van der Waals surface area (Å²) in [5.41, 5.74) is 10.8. The molecule has 276 valence electrons. The second-order valence-electron chi connectivity index (χ2n) is 14.6. The molecule has 0 aliphatic rings. The lowest BCUT2D eigenvalue weighted by atomic mass is 9.97. The predicted molar refractivity (Wildman–Crippen MR) is 247 cm³/mol. The molecule has 0 spiro atoms. The fourth-order valence-electron chi connectivity index (χ4n) is 8.39. The van der Waals surface area contributed by atoms with Crippen molar-refractivity contribution in [3.63, 3.8) is 0 Å². The summed E-state index contributed by atoms with van der Waals surface area (Å²) in [5, 5.41) is 5.66. The lowest BCUT2D eigenvalue weighted by Crippen LogP contribution is -2.06. The highest BCUT2D eigenvalue weighted by Crippen LogP contribution is 2.48. The smallest absolute Gasteiger partial charge is 0.238 e. The van der Waals surface area contributed by atoms with E-state index >= 15 is 0 Å². The fourth-order valence-corrected chi connectivity index (χ4v) is 10.8. The molecule has 0 aliphatic heterocycles. The van der Waals surface area contributed by atoms with E-state index in [0.717, 1.165) is 75.8 Å². The van der Waals surface area contributed by atoms with Gasteiger partial charge in [-0.2, -0.15) is 9.97 Å². The third-order valence-corrected chi connectivity index (χ3v) is 13.5. The Kier molecular flexibility index (Phi) is 7.82. The number of para-hydroxylation sites is 2. The molecule has 0 radical (unpaired) electrons. The number of fused-ring (bicyclic) bond motifs is 7. The van der Waals surface area contributed by atoms with Gasteiger partial charge in [0.15, 0.2) is 11.6 Å². The van der Waals surface area contributed by atoms with Crippen LogP contribution in [0, 0.1) is 0 Å². The van der Waals surface area contributed by atoms with Gasteiger partial charge in [0.2, 0.25) is 5.95 Å². The zero-order chi connectivity index (χ0) is 38.9. The van der Waals surface area contributed by atoms with Crippen LogP contribution in [0.5, 0.6) is 0 Å². The molecule has 0 N–H and O–H groups in total. The van der Waals surface area contributed by atoms with Crippen molar-refractivity contribution in [1.82, 2.24) is 24.5 Å². The van der Waals surface area contributed by atoms with Crippen molar-refractivity contribution in [3.05, 3.63) is 188 Å². The molecule has 0 fully saturated rings. The number of thiophene rings is 1. The van der Waals surface area contributed by atoms with Crippen molar-refractivity contribution in [2.45, 2.75) is 0 Å². The Morgan fingerprint density at radius 3 is 1.83 bits per heavy atom. The third-order valence-electron chi connectivity index (χ3n) is 11.1. The quantitative estimate of drug-likeness (QED) is 0.168. The summed E-state index contributed by atoms with van der Waals surface area (Å²) >= 11 is 3.54. The molecule has 0 saturated heterocycles. The number of aromatic nitrogens is 5. The van der Waals surface area contributed by atoms with Crippen LogP contribution in [0.2, 0.25) is 0 Å². The molecule has 0 atom stereocenters. The predicted octanol–water partition coefficient (Wildman–Crippen LogP) is 14.3. The summed E-state index contributed by atoms with van der Waals surface area (Å²) in [6.07, 6.45) is 0. The van der Waals surface area contributed by atoms with Gasteiger partial charge in [-0.3, -0.25) is 4.57 Å². The summed E-state index contributed by atoms with van der Waals surface area (Å²) in [6, 6.07) is 66.0. The Bertz CT molecular complexity index is 3520. The van der Waals surface area contributed by atoms with Crippen LogP contribution in [0.4, 0.5) is 0 Å². The standard InChI is InChI=1S/C52H31N5S2/c1-4-15-32(16-5-1)35-27-28-38-37-21-10-12-25-43(37)57(44(38)31-35)52-55-49(34-19-8-3-9-20-34)54-50(56-52)41-23-14-22-39-40-30-29-36(33-17-6-2-7-18-33)46(48(40)59-47(39)41)51-53-42-24-11-13-26-45(42)58-51/h1-31H. The minimum Gasteiger partial charge on any atom is -0.278 e. The first kappa shape index (κ1) is 33.8. The molecule has 4 aromatic heterocycles. The molecule has 0 aliphatic carbocycles. The number of hydrogen-bond acceptors (Lipinski definition) is 6. The van der Waals surface area contributed by atoms with E-state index in [2.05, 4.69) is 174 Å². The molecule has 0 amide bonds. The maximum Gasteiger partial charge on any atom is 0.238 e. The minimum absolute atomic E-state index is 0.574. The van der Waals surface area contributed by atoms with Crippen molar-refractivity contribution < 1.29 is 0 Å². The Morgan fingerprint density at radius 1 is 0.373 bits per heavy atom. The van der Waals surface area contributed by atoms with Crippen LogP contribution >= 0.6 is 22.7 Å². The van der Waals surface area contributed by atoms with E-state index in [4.69, 9.17) is 19.9 Å². The van der Waals surface area contributed by atoms with Gasteiger partial charge in [0, 0.05) is 47.6 Å². The monoisotopic (exact) mass is 789 g/mol. The molecule has 0 saturated carbocycles. The molecule has 7 heteroatoms. The second kappa shape index (κ2) is 13.7. The number of thiazole rings is 1. The van der Waals surface area contributed by atoms with E-state index in [1.165, 1.54) is 20.3 Å². The zero-order valence-electron chi connectivity index (χ0n) is 31.5. The number of hydrogen-bond donors (Lipinski definition) is 0. The maximum absolute atomic E-state index is 5.41. The van der Waals surface area contributed by atoms with Crippen LogP contribution in [-0.4, -0.2) is 24.5 Å². The van der Waals surface area contributed by atoms with Gasteiger partial charge in [-0.05, 0) is 52.6 Å². The number of rotatable bonds is 6. The fraction of sp³-hybridized carbons (Fsp3) is 0. The van der Waals surface area contributed by atoms with Crippen molar-refractivity contribution in [1.29, 1.82) is 0 Å².